The van der Waals surface area contributed by atoms with Gasteiger partial charge in [0.05, 0.1) is 0 Å². The van der Waals surface area contributed by atoms with Crippen molar-refractivity contribution >= 4 is 10.8 Å². The van der Waals surface area contributed by atoms with Crippen LogP contribution < -0.4 is 5.73 Å². The molecule has 0 heterocycles. The zero-order valence-electron chi connectivity index (χ0n) is 16.3. The Morgan fingerprint density at radius 1 is 0.786 bits per heavy atom. The van der Waals surface area contributed by atoms with Crippen molar-refractivity contribution in [2.24, 2.45) is 11.7 Å². The second-order valence-corrected chi connectivity index (χ2v) is 8.42. The van der Waals surface area contributed by atoms with E-state index in [0.29, 0.717) is 18.4 Å². The first-order valence-electron chi connectivity index (χ1n) is 10.2. The molecule has 0 saturated carbocycles. The molecule has 0 aliphatic heterocycles. The molecule has 0 fully saturated rings. The summed E-state index contributed by atoms with van der Waals surface area (Å²) < 4.78 is 0. The number of benzene rings is 4. The molecule has 2 atom stereocenters. The average Bonchev–Trinajstić information content (AvgIpc) is 3.22. The Morgan fingerprint density at radius 3 is 2.14 bits per heavy atom. The predicted octanol–water partition coefficient (Wildman–Crippen LogP) is 6.50. The monoisotopic (exact) mass is 361 g/mol. The third-order valence-corrected chi connectivity index (χ3v) is 6.88. The Balaban J connectivity index is 1.70. The highest BCUT2D eigenvalue weighted by molar-refractivity contribution is 6.16. The van der Waals surface area contributed by atoms with Gasteiger partial charge in [-0.05, 0) is 92.4 Å². The van der Waals surface area contributed by atoms with Gasteiger partial charge in [0.1, 0.15) is 0 Å². The summed E-state index contributed by atoms with van der Waals surface area (Å²) in [7, 11) is 0. The minimum absolute atomic E-state index is 0.379. The Morgan fingerprint density at radius 2 is 1.43 bits per heavy atom. The summed E-state index contributed by atoms with van der Waals surface area (Å²) >= 11 is 0. The molecule has 1 heteroatoms. The lowest BCUT2D eigenvalue weighted by molar-refractivity contribution is 0.530. The van der Waals surface area contributed by atoms with E-state index in [2.05, 4.69) is 80.6 Å². The Bertz CT molecular complexity index is 1280. The van der Waals surface area contributed by atoms with Crippen LogP contribution in [0.1, 0.15) is 29.5 Å². The quantitative estimate of drug-likeness (QED) is 0.381. The standard InChI is InChI=1S/C27H23N/c1-15-6-3-9-18-23-12-21-19-10-4-7-17-8-5-11-20(27(17)19)22(21)13-24(23)26(25(15)18)16(2)14-28/h3-13,16,26H,14,28H2,1-2H3. The van der Waals surface area contributed by atoms with E-state index in [9.17, 15) is 0 Å². The van der Waals surface area contributed by atoms with E-state index in [1.165, 1.54) is 60.8 Å². The Hall–Kier alpha value is -2.90. The summed E-state index contributed by atoms with van der Waals surface area (Å²) in [4.78, 5) is 0. The fraction of sp³-hybridized carbons (Fsp3) is 0.185. The van der Waals surface area contributed by atoms with Crippen LogP contribution >= 0.6 is 0 Å². The van der Waals surface area contributed by atoms with E-state index in [1.807, 2.05) is 0 Å². The van der Waals surface area contributed by atoms with Crippen molar-refractivity contribution in [1.82, 2.24) is 0 Å². The third kappa shape index (κ3) is 1.90. The van der Waals surface area contributed by atoms with Crippen LogP contribution in [-0.4, -0.2) is 6.54 Å². The first kappa shape index (κ1) is 16.1. The van der Waals surface area contributed by atoms with Gasteiger partial charge in [-0.15, -0.1) is 0 Å². The summed E-state index contributed by atoms with van der Waals surface area (Å²) in [5, 5.41) is 2.73. The molecule has 1 nitrogen and oxygen atoms in total. The van der Waals surface area contributed by atoms with Crippen molar-refractivity contribution in [1.29, 1.82) is 0 Å². The van der Waals surface area contributed by atoms with Crippen LogP contribution in [0.2, 0.25) is 0 Å². The first-order chi connectivity index (χ1) is 13.7. The molecule has 0 spiro atoms. The van der Waals surface area contributed by atoms with Crippen molar-refractivity contribution in [2.45, 2.75) is 19.8 Å². The van der Waals surface area contributed by atoms with Crippen molar-refractivity contribution < 1.29 is 0 Å². The molecule has 2 aliphatic rings. The fourth-order valence-corrected chi connectivity index (χ4v) is 5.55. The molecule has 6 rings (SSSR count). The molecule has 136 valence electrons. The minimum atomic E-state index is 0.379. The van der Waals surface area contributed by atoms with E-state index in [0.717, 1.165) is 0 Å². The topological polar surface area (TPSA) is 26.0 Å². The molecular weight excluding hydrogens is 338 g/mol. The van der Waals surface area contributed by atoms with Gasteiger partial charge in [0.2, 0.25) is 0 Å². The van der Waals surface area contributed by atoms with Gasteiger partial charge in [0.25, 0.3) is 0 Å². The van der Waals surface area contributed by atoms with Crippen LogP contribution in [0.25, 0.3) is 44.2 Å². The lowest BCUT2D eigenvalue weighted by Gasteiger charge is -2.22. The van der Waals surface area contributed by atoms with Gasteiger partial charge in [0.15, 0.2) is 0 Å². The maximum absolute atomic E-state index is 6.16. The van der Waals surface area contributed by atoms with Crippen molar-refractivity contribution in [3.05, 3.63) is 83.4 Å². The highest BCUT2D eigenvalue weighted by atomic mass is 14.6. The van der Waals surface area contributed by atoms with E-state index in [1.54, 1.807) is 0 Å². The molecule has 2 unspecified atom stereocenters. The summed E-state index contributed by atoms with van der Waals surface area (Å²) in [6, 6.07) is 25.0. The zero-order chi connectivity index (χ0) is 19.0. The fourth-order valence-electron chi connectivity index (χ4n) is 5.55. The highest BCUT2D eigenvalue weighted by Crippen LogP contribution is 2.55. The number of hydrogen-bond donors (Lipinski definition) is 1. The minimum Gasteiger partial charge on any atom is -0.330 e. The largest absolute Gasteiger partial charge is 0.330 e. The van der Waals surface area contributed by atoms with E-state index in [-0.39, 0.29) is 0 Å². The number of fused-ring (bicyclic) bond motifs is 6. The van der Waals surface area contributed by atoms with Crippen molar-refractivity contribution in [2.75, 3.05) is 6.54 Å². The predicted molar refractivity (Wildman–Crippen MR) is 119 cm³/mol. The maximum Gasteiger partial charge on any atom is 0.0142 e. The second-order valence-electron chi connectivity index (χ2n) is 8.42. The summed E-state index contributed by atoms with van der Waals surface area (Å²) in [6.45, 7) is 5.23. The van der Waals surface area contributed by atoms with Crippen LogP contribution in [0, 0.1) is 12.8 Å². The van der Waals surface area contributed by atoms with Crippen molar-refractivity contribution in [3.8, 4) is 33.4 Å². The Kier molecular flexibility index (Phi) is 3.19. The van der Waals surface area contributed by atoms with Gasteiger partial charge >= 0.3 is 0 Å². The van der Waals surface area contributed by atoms with Gasteiger partial charge in [-0.1, -0.05) is 61.5 Å². The smallest absolute Gasteiger partial charge is 0.0142 e. The van der Waals surface area contributed by atoms with Crippen LogP contribution in [0.3, 0.4) is 0 Å². The number of hydrogen-bond acceptors (Lipinski definition) is 1. The van der Waals surface area contributed by atoms with Gasteiger partial charge in [0, 0.05) is 5.92 Å². The third-order valence-electron chi connectivity index (χ3n) is 6.88. The maximum atomic E-state index is 6.16. The van der Waals surface area contributed by atoms with Crippen LogP contribution in [0.15, 0.2) is 66.7 Å². The number of aryl methyl sites for hydroxylation is 1. The number of nitrogens with two attached hydrogens (primary N) is 1. The van der Waals surface area contributed by atoms with Crippen LogP contribution in [0.4, 0.5) is 0 Å². The normalized spacial score (nSPS) is 16.8. The molecule has 28 heavy (non-hydrogen) atoms. The van der Waals surface area contributed by atoms with E-state index < -0.39 is 0 Å². The van der Waals surface area contributed by atoms with E-state index in [4.69, 9.17) is 5.73 Å². The van der Waals surface area contributed by atoms with E-state index >= 15 is 0 Å². The molecule has 0 saturated heterocycles. The number of rotatable bonds is 2. The molecule has 0 bridgehead atoms. The van der Waals surface area contributed by atoms with Crippen LogP contribution in [-0.2, 0) is 0 Å². The molecule has 2 aliphatic carbocycles. The molecular formula is C27H23N. The Labute approximate surface area is 165 Å². The zero-order valence-corrected chi connectivity index (χ0v) is 16.3. The van der Waals surface area contributed by atoms with Gasteiger partial charge in [-0.2, -0.15) is 0 Å². The van der Waals surface area contributed by atoms with Gasteiger partial charge in [-0.3, -0.25) is 0 Å². The molecule has 4 aromatic rings. The van der Waals surface area contributed by atoms with Crippen LogP contribution in [0.5, 0.6) is 0 Å². The average molecular weight is 361 g/mol. The first-order valence-corrected chi connectivity index (χ1v) is 10.2. The van der Waals surface area contributed by atoms with Crippen molar-refractivity contribution in [3.63, 3.8) is 0 Å². The summed E-state index contributed by atoms with van der Waals surface area (Å²) in [6.07, 6.45) is 0. The molecule has 2 N–H and O–H groups in total. The molecule has 0 aromatic heterocycles. The summed E-state index contributed by atoms with van der Waals surface area (Å²) in [5.41, 5.74) is 18.8. The second kappa shape index (κ2) is 5.56. The van der Waals surface area contributed by atoms with Gasteiger partial charge in [-0.25, -0.2) is 0 Å². The lowest BCUT2D eigenvalue weighted by atomic mass is 9.82. The molecule has 0 amide bonds. The molecule has 4 aromatic carbocycles. The van der Waals surface area contributed by atoms with Gasteiger partial charge < -0.3 is 5.73 Å². The lowest BCUT2D eigenvalue weighted by Crippen LogP contribution is -2.19. The molecule has 0 radical (unpaired) electrons. The highest BCUT2D eigenvalue weighted by Gasteiger charge is 2.35. The SMILES string of the molecule is Cc1cccc2c1C(C(C)CN)c1cc3c(cc1-2)-c1cccc2cccc-3c12. The summed E-state index contributed by atoms with van der Waals surface area (Å²) in [5.74, 6) is 0.795.